The molecule has 0 aliphatic heterocycles. The van der Waals surface area contributed by atoms with Gasteiger partial charge in [-0.05, 0) is 85.5 Å². The third-order valence-corrected chi connectivity index (χ3v) is 10.4. The van der Waals surface area contributed by atoms with Crippen LogP contribution in [0.2, 0.25) is 10.0 Å². The molecular weight excluding hydrogens is 755 g/mol. The molecule has 6 rings (SSSR count). The molecule has 0 fully saturated rings. The molecule has 5 aromatic rings. The highest BCUT2D eigenvalue weighted by Gasteiger charge is 2.33. The van der Waals surface area contributed by atoms with Crippen molar-refractivity contribution in [3.63, 3.8) is 0 Å². The van der Waals surface area contributed by atoms with Gasteiger partial charge in [-0.1, -0.05) is 71.7 Å². The highest BCUT2D eigenvalue weighted by atomic mass is 35.5. The Bertz CT molecular complexity index is 2210. The number of ether oxygens (including phenoxy) is 3. The Balaban J connectivity index is 1.24. The van der Waals surface area contributed by atoms with Gasteiger partial charge in [-0.2, -0.15) is 10.2 Å². The largest absolute Gasteiger partial charge is 0.494 e. The first-order chi connectivity index (χ1) is 27.1. The van der Waals surface area contributed by atoms with Gasteiger partial charge in [0.25, 0.3) is 0 Å². The number of nitrogens with one attached hydrogen (secondary N) is 1. The summed E-state index contributed by atoms with van der Waals surface area (Å²) in [6, 6.07) is 25.3. The smallest absolute Gasteiger partial charge is 0.326 e. The molecule has 1 aliphatic rings. The van der Waals surface area contributed by atoms with Gasteiger partial charge in [0.2, 0.25) is 11.8 Å². The summed E-state index contributed by atoms with van der Waals surface area (Å²) in [6.07, 6.45) is 6.59. The number of unbranched alkanes of at least 4 members (excludes halogenated alkanes) is 2. The lowest BCUT2D eigenvalue weighted by atomic mass is 9.94. The van der Waals surface area contributed by atoms with Crippen LogP contribution >= 0.6 is 23.2 Å². The first-order valence-electron chi connectivity index (χ1n) is 18.3. The molecule has 0 bridgehead atoms. The summed E-state index contributed by atoms with van der Waals surface area (Å²) in [5, 5.41) is 41.4. The minimum atomic E-state index is -1.63. The molecule has 3 aromatic carbocycles. The molecule has 2 aromatic heterocycles. The number of halogens is 2. The maximum absolute atomic E-state index is 11.9. The first kappa shape index (κ1) is 40.4. The van der Waals surface area contributed by atoms with Gasteiger partial charge in [-0.3, -0.25) is 15.1 Å². The van der Waals surface area contributed by atoms with Gasteiger partial charge >= 0.3 is 5.97 Å². The van der Waals surface area contributed by atoms with E-state index in [1.165, 1.54) is 13.1 Å². The average Bonchev–Trinajstić information content (AvgIpc) is 3.63. The van der Waals surface area contributed by atoms with E-state index in [4.69, 9.17) is 42.5 Å². The highest BCUT2D eigenvalue weighted by Crippen LogP contribution is 2.45. The Labute approximate surface area is 335 Å². The van der Waals surface area contributed by atoms with Crippen molar-refractivity contribution in [2.75, 3.05) is 19.8 Å². The van der Waals surface area contributed by atoms with E-state index < -0.39 is 18.1 Å². The number of aliphatic hydroxyl groups is 2. The van der Waals surface area contributed by atoms with E-state index >= 15 is 0 Å². The molecule has 0 saturated carbocycles. The Morgan fingerprint density at radius 2 is 1.73 bits per heavy atom. The number of carbonyl (C=O) groups is 1. The number of hydrogen-bond donors (Lipinski definition) is 4. The quantitative estimate of drug-likeness (QED) is 0.0633. The zero-order valence-corrected chi connectivity index (χ0v) is 32.3. The fourth-order valence-corrected chi connectivity index (χ4v) is 7.05. The number of rotatable bonds is 18. The molecule has 0 radical (unpaired) electrons. The molecule has 0 spiro atoms. The van der Waals surface area contributed by atoms with Gasteiger partial charge in [-0.25, -0.2) is 0 Å². The molecule has 0 unspecified atom stereocenters. The van der Waals surface area contributed by atoms with Crippen molar-refractivity contribution in [1.29, 1.82) is 5.26 Å². The molecule has 2 atom stereocenters. The minimum absolute atomic E-state index is 0.0132. The van der Waals surface area contributed by atoms with E-state index in [1.54, 1.807) is 18.3 Å². The second kappa shape index (κ2) is 18.6. The van der Waals surface area contributed by atoms with Crippen LogP contribution in [-0.2, 0) is 24.4 Å². The number of fused-ring (bicyclic) bond motifs is 1. The molecule has 11 nitrogen and oxygen atoms in total. The van der Waals surface area contributed by atoms with Gasteiger partial charge < -0.3 is 29.5 Å². The zero-order valence-electron chi connectivity index (χ0n) is 30.8. The van der Waals surface area contributed by atoms with Crippen LogP contribution in [0.15, 0.2) is 85.2 Å². The fraction of sp³-hybridized carbons (Fsp3) is 0.302. The molecule has 2 heterocycles. The van der Waals surface area contributed by atoms with Crippen molar-refractivity contribution in [3.05, 3.63) is 123 Å². The monoisotopic (exact) mass is 796 g/mol. The number of hydrogen-bond acceptors (Lipinski definition) is 10. The van der Waals surface area contributed by atoms with Crippen molar-refractivity contribution in [3.8, 4) is 45.8 Å². The topological polar surface area (TPSA) is 167 Å². The van der Waals surface area contributed by atoms with E-state index in [1.807, 2.05) is 54.6 Å². The maximum atomic E-state index is 11.9. The summed E-state index contributed by atoms with van der Waals surface area (Å²) in [5.41, 5.74) is 5.67. The normalized spacial score (nSPS) is 14.4. The van der Waals surface area contributed by atoms with Crippen LogP contribution in [-0.4, -0.2) is 56.6 Å². The van der Waals surface area contributed by atoms with Crippen molar-refractivity contribution in [1.82, 2.24) is 15.3 Å². The summed E-state index contributed by atoms with van der Waals surface area (Å²) in [4.78, 5) is 20.6. The number of nitrogens with zero attached hydrogens (tertiary/aromatic N) is 3. The van der Waals surface area contributed by atoms with E-state index in [0.717, 1.165) is 64.8 Å². The summed E-state index contributed by atoms with van der Waals surface area (Å²) in [7, 11) is 0. The fourth-order valence-electron chi connectivity index (χ4n) is 6.50. The SMILES string of the molecule is C[C@@](CO)(NCc1cc(Cl)c(O[C@H]2CCc3c(-c4cccc(-c5ccc(OCCCCCO)cc5)c4Cl)cccc32)nc1OCc1cncc(C#N)c1)C(=O)O. The number of aromatic nitrogens is 2. The number of aliphatic carboxylic acids is 1. The van der Waals surface area contributed by atoms with E-state index in [0.29, 0.717) is 34.7 Å². The lowest BCUT2D eigenvalue weighted by Gasteiger charge is -2.24. The maximum Gasteiger partial charge on any atom is 0.326 e. The van der Waals surface area contributed by atoms with Crippen LogP contribution < -0.4 is 19.5 Å². The van der Waals surface area contributed by atoms with Gasteiger partial charge in [0.1, 0.15) is 35.1 Å². The molecular formula is C43H42Cl2N4O7. The first-order valence-corrected chi connectivity index (χ1v) is 19.1. The number of carboxylic acid groups (broad SMARTS) is 1. The van der Waals surface area contributed by atoms with Crippen molar-refractivity contribution < 1.29 is 34.3 Å². The molecule has 1 aliphatic carbocycles. The molecule has 0 saturated heterocycles. The van der Waals surface area contributed by atoms with Crippen LogP contribution in [0.25, 0.3) is 22.3 Å². The number of aliphatic hydroxyl groups excluding tert-OH is 2. The van der Waals surface area contributed by atoms with Gasteiger partial charge in [0.05, 0.1) is 23.8 Å². The molecule has 56 heavy (non-hydrogen) atoms. The molecule has 13 heteroatoms. The zero-order chi connectivity index (χ0) is 39.7. The van der Waals surface area contributed by atoms with Gasteiger partial charge in [-0.15, -0.1) is 0 Å². The minimum Gasteiger partial charge on any atom is -0.494 e. The predicted molar refractivity (Wildman–Crippen MR) is 213 cm³/mol. The van der Waals surface area contributed by atoms with Crippen LogP contribution in [0.1, 0.15) is 66.5 Å². The van der Waals surface area contributed by atoms with Crippen LogP contribution in [0.5, 0.6) is 17.5 Å². The summed E-state index contributed by atoms with van der Waals surface area (Å²) in [5.74, 6) is -0.173. The Hall–Kier alpha value is -5.22. The van der Waals surface area contributed by atoms with E-state index in [2.05, 4.69) is 27.4 Å². The van der Waals surface area contributed by atoms with Crippen LogP contribution in [0, 0.1) is 11.3 Å². The Morgan fingerprint density at radius 3 is 2.48 bits per heavy atom. The Kier molecular flexibility index (Phi) is 13.4. The third kappa shape index (κ3) is 9.41. The molecule has 290 valence electrons. The summed E-state index contributed by atoms with van der Waals surface area (Å²) >= 11 is 13.9. The van der Waals surface area contributed by atoms with Crippen molar-refractivity contribution in [2.24, 2.45) is 0 Å². The van der Waals surface area contributed by atoms with Crippen molar-refractivity contribution in [2.45, 2.75) is 63.8 Å². The molecule has 4 N–H and O–H groups in total. The summed E-state index contributed by atoms with van der Waals surface area (Å²) in [6.45, 7) is 1.48. The third-order valence-electron chi connectivity index (χ3n) is 9.73. The van der Waals surface area contributed by atoms with Gasteiger partial charge in [0, 0.05) is 47.8 Å². The number of benzene rings is 3. The van der Waals surface area contributed by atoms with Gasteiger partial charge in [0.15, 0.2) is 0 Å². The Morgan fingerprint density at radius 1 is 0.964 bits per heavy atom. The lowest BCUT2D eigenvalue weighted by molar-refractivity contribution is -0.145. The van der Waals surface area contributed by atoms with Crippen LogP contribution in [0.4, 0.5) is 0 Å². The van der Waals surface area contributed by atoms with Crippen LogP contribution in [0.3, 0.4) is 0 Å². The lowest BCUT2D eigenvalue weighted by Crippen LogP contribution is -2.52. The highest BCUT2D eigenvalue weighted by molar-refractivity contribution is 6.36. The standard InChI is InChI=1S/C43H42Cl2N4O7/c1-43(26-51,42(52)53)48-24-30-20-37(44)41(49-40(30)55-25-28-19-27(21-46)22-47-23-28)56-38-16-15-34-33(8-6-9-35(34)38)36-10-5-7-32(39(36)45)29-11-13-31(14-12-29)54-18-4-2-3-17-50/h5-14,19-20,22-23,38,48,50-51H,2-4,15-18,24-26H2,1H3,(H,52,53)/t38-,43-/m0/s1. The second-order valence-corrected chi connectivity index (χ2v) is 14.5. The number of carboxylic acids is 1. The average molecular weight is 798 g/mol. The van der Waals surface area contributed by atoms with E-state index in [-0.39, 0.29) is 42.6 Å². The van der Waals surface area contributed by atoms with E-state index in [9.17, 15) is 20.3 Å². The van der Waals surface area contributed by atoms with Crippen molar-refractivity contribution >= 4 is 29.2 Å². The number of nitriles is 1. The summed E-state index contributed by atoms with van der Waals surface area (Å²) < 4.78 is 18.5. The predicted octanol–water partition coefficient (Wildman–Crippen LogP) is 8.10. The molecule has 0 amide bonds. The second-order valence-electron chi connectivity index (χ2n) is 13.7. The number of pyridine rings is 2.